The third-order valence-electron chi connectivity index (χ3n) is 3.90. The molecule has 1 heterocycles. The third kappa shape index (κ3) is 4.13. The van der Waals surface area contributed by atoms with Crippen LogP contribution < -0.4 is 5.14 Å². The molecule has 0 unspecified atom stereocenters. The molecule has 1 fully saturated rings. The van der Waals surface area contributed by atoms with Crippen LogP contribution in [0.25, 0.3) is 6.08 Å². The lowest BCUT2D eigenvalue weighted by Crippen LogP contribution is -2.27. The molecule has 12 heteroatoms. The van der Waals surface area contributed by atoms with Crippen LogP contribution in [0.15, 0.2) is 40.1 Å². The standard InChI is InChI=1S/C17H11F3N2O5S2/c18-11-6-12(19)15(23)14(20)10(11)5-13-16(24)22(17(25)28-13)7-8-2-1-3-9(4-8)29(21,26)27/h1-6,23H,7H2,(H2,21,26,27). The van der Waals surface area contributed by atoms with E-state index >= 15 is 0 Å². The van der Waals surface area contributed by atoms with Crippen molar-refractivity contribution in [2.45, 2.75) is 11.4 Å². The minimum absolute atomic E-state index is 0.219. The minimum atomic E-state index is -4.00. The second kappa shape index (κ2) is 7.54. The number of carbonyl (C=O) groups is 2. The first-order valence-corrected chi connectivity index (χ1v) is 10.1. The maximum absolute atomic E-state index is 13.9. The number of rotatable bonds is 4. The van der Waals surface area contributed by atoms with Gasteiger partial charge in [0.05, 0.1) is 21.9 Å². The Labute approximate surface area is 166 Å². The maximum Gasteiger partial charge on any atom is 0.293 e. The van der Waals surface area contributed by atoms with Crippen molar-refractivity contribution in [3.63, 3.8) is 0 Å². The SMILES string of the molecule is NS(=O)(=O)c1cccc(CN2C(=O)SC(=Cc3c(F)cc(F)c(O)c3F)C2=O)c1. The number of phenolic OH excluding ortho intramolecular Hbond substituents is 1. The van der Waals surface area contributed by atoms with E-state index in [0.29, 0.717) is 17.8 Å². The summed E-state index contributed by atoms with van der Waals surface area (Å²) in [5.41, 5.74) is -0.609. The second-order valence-corrected chi connectivity index (χ2v) is 8.43. The number of sulfonamides is 1. The van der Waals surface area contributed by atoms with Gasteiger partial charge in [0.15, 0.2) is 17.4 Å². The van der Waals surface area contributed by atoms with E-state index in [9.17, 15) is 36.3 Å². The van der Waals surface area contributed by atoms with E-state index in [1.165, 1.54) is 24.3 Å². The molecule has 2 amide bonds. The highest BCUT2D eigenvalue weighted by atomic mass is 32.2. The molecule has 0 saturated carbocycles. The number of amides is 2. The topological polar surface area (TPSA) is 118 Å². The van der Waals surface area contributed by atoms with Gasteiger partial charge >= 0.3 is 0 Å². The van der Waals surface area contributed by atoms with Crippen molar-refractivity contribution in [3.05, 3.63) is 63.8 Å². The van der Waals surface area contributed by atoms with Crippen molar-refractivity contribution in [1.29, 1.82) is 0 Å². The molecular formula is C17H11F3N2O5S2. The van der Waals surface area contributed by atoms with Gasteiger partial charge in [0.25, 0.3) is 11.1 Å². The van der Waals surface area contributed by atoms with Gasteiger partial charge in [-0.25, -0.2) is 26.7 Å². The van der Waals surface area contributed by atoms with Crippen molar-refractivity contribution in [3.8, 4) is 5.75 Å². The van der Waals surface area contributed by atoms with Crippen LogP contribution in [0.2, 0.25) is 0 Å². The number of carbonyl (C=O) groups excluding carboxylic acids is 2. The predicted molar refractivity (Wildman–Crippen MR) is 97.3 cm³/mol. The molecule has 3 rings (SSSR count). The Kier molecular flexibility index (Phi) is 5.43. The van der Waals surface area contributed by atoms with Gasteiger partial charge in [-0.2, -0.15) is 0 Å². The average Bonchev–Trinajstić information content (AvgIpc) is 2.90. The van der Waals surface area contributed by atoms with Crippen molar-refractivity contribution in [2.24, 2.45) is 5.14 Å². The average molecular weight is 444 g/mol. The van der Waals surface area contributed by atoms with Crippen LogP contribution in [-0.2, 0) is 21.4 Å². The fourth-order valence-electron chi connectivity index (χ4n) is 2.50. The maximum atomic E-state index is 13.9. The fourth-order valence-corrected chi connectivity index (χ4v) is 3.90. The number of hydrogen-bond acceptors (Lipinski definition) is 6. The highest BCUT2D eigenvalue weighted by Crippen LogP contribution is 2.35. The van der Waals surface area contributed by atoms with Gasteiger partial charge in [-0.15, -0.1) is 0 Å². The Hall–Kier alpha value is -2.83. The smallest absolute Gasteiger partial charge is 0.293 e. The van der Waals surface area contributed by atoms with Crippen LogP contribution in [0.4, 0.5) is 18.0 Å². The molecule has 0 aliphatic carbocycles. The van der Waals surface area contributed by atoms with E-state index < -0.39 is 49.9 Å². The molecule has 1 aliphatic rings. The monoisotopic (exact) mass is 444 g/mol. The number of phenols is 1. The number of primary sulfonamides is 1. The van der Waals surface area contributed by atoms with Gasteiger partial charge in [-0.05, 0) is 35.5 Å². The van der Waals surface area contributed by atoms with E-state index in [-0.39, 0.29) is 28.0 Å². The number of halogens is 3. The summed E-state index contributed by atoms with van der Waals surface area (Å²) in [4.78, 5) is 24.8. The van der Waals surface area contributed by atoms with Crippen LogP contribution in [0, 0.1) is 17.5 Å². The summed E-state index contributed by atoms with van der Waals surface area (Å²) in [6.07, 6.45) is 0.690. The fraction of sp³-hybridized carbons (Fsp3) is 0.0588. The second-order valence-electron chi connectivity index (χ2n) is 5.88. The van der Waals surface area contributed by atoms with Gasteiger partial charge in [0.1, 0.15) is 5.82 Å². The molecule has 0 spiro atoms. The van der Waals surface area contributed by atoms with Gasteiger partial charge in [-0.1, -0.05) is 12.1 Å². The van der Waals surface area contributed by atoms with Crippen LogP contribution in [0.5, 0.6) is 5.75 Å². The van der Waals surface area contributed by atoms with Gasteiger partial charge in [-0.3, -0.25) is 14.5 Å². The molecule has 2 aromatic rings. The van der Waals surface area contributed by atoms with E-state index in [1.807, 2.05) is 0 Å². The largest absolute Gasteiger partial charge is 0.503 e. The zero-order valence-electron chi connectivity index (χ0n) is 14.2. The Morgan fingerprint density at radius 3 is 2.48 bits per heavy atom. The molecule has 1 saturated heterocycles. The third-order valence-corrected chi connectivity index (χ3v) is 5.72. The summed E-state index contributed by atoms with van der Waals surface area (Å²) in [6, 6.07) is 5.49. The Bertz CT molecular complexity index is 1180. The number of benzene rings is 2. The van der Waals surface area contributed by atoms with Crippen molar-refractivity contribution < 1.29 is 36.3 Å². The highest BCUT2D eigenvalue weighted by Gasteiger charge is 2.35. The molecule has 0 aromatic heterocycles. The predicted octanol–water partition coefficient (Wildman–Crippen LogP) is 2.69. The number of hydrogen-bond donors (Lipinski definition) is 2. The Balaban J connectivity index is 1.92. The summed E-state index contributed by atoms with van der Waals surface area (Å²) in [6.45, 7) is -0.314. The van der Waals surface area contributed by atoms with E-state index in [2.05, 4.69) is 0 Å². The normalized spacial score (nSPS) is 16.1. The number of thioether (sulfide) groups is 1. The lowest BCUT2D eigenvalue weighted by molar-refractivity contribution is -0.123. The summed E-state index contributed by atoms with van der Waals surface area (Å²) < 4.78 is 63.8. The minimum Gasteiger partial charge on any atom is -0.503 e. The molecule has 1 aliphatic heterocycles. The first-order chi connectivity index (χ1) is 13.5. The number of nitrogens with two attached hydrogens (primary N) is 1. The number of imide groups is 1. The molecule has 0 atom stereocenters. The zero-order valence-corrected chi connectivity index (χ0v) is 15.9. The number of nitrogens with zero attached hydrogens (tertiary/aromatic N) is 1. The van der Waals surface area contributed by atoms with Crippen LogP contribution >= 0.6 is 11.8 Å². The highest BCUT2D eigenvalue weighted by molar-refractivity contribution is 8.18. The molecule has 3 N–H and O–H groups in total. The molecule has 0 radical (unpaired) electrons. The van der Waals surface area contributed by atoms with Crippen LogP contribution in [0.3, 0.4) is 0 Å². The molecule has 0 bridgehead atoms. The lowest BCUT2D eigenvalue weighted by Gasteiger charge is -2.13. The van der Waals surface area contributed by atoms with E-state index in [4.69, 9.17) is 5.14 Å². The van der Waals surface area contributed by atoms with Crippen molar-refractivity contribution in [2.75, 3.05) is 0 Å². The zero-order chi connectivity index (χ0) is 21.5. The van der Waals surface area contributed by atoms with Gasteiger partial charge in [0.2, 0.25) is 10.0 Å². The summed E-state index contributed by atoms with van der Waals surface area (Å²) >= 11 is 0.380. The van der Waals surface area contributed by atoms with Gasteiger partial charge < -0.3 is 5.11 Å². The van der Waals surface area contributed by atoms with E-state index in [0.717, 1.165) is 4.90 Å². The molecule has 7 nitrogen and oxygen atoms in total. The van der Waals surface area contributed by atoms with Gasteiger partial charge in [0, 0.05) is 6.07 Å². The first kappa shape index (κ1) is 20.9. The van der Waals surface area contributed by atoms with E-state index in [1.54, 1.807) is 0 Å². The Morgan fingerprint density at radius 2 is 1.83 bits per heavy atom. The van der Waals surface area contributed by atoms with Crippen LogP contribution in [0.1, 0.15) is 11.1 Å². The Morgan fingerprint density at radius 1 is 1.14 bits per heavy atom. The summed E-state index contributed by atoms with van der Waals surface area (Å²) in [7, 11) is -4.00. The first-order valence-electron chi connectivity index (χ1n) is 7.72. The van der Waals surface area contributed by atoms with Crippen LogP contribution in [-0.4, -0.2) is 29.6 Å². The van der Waals surface area contributed by atoms with Crippen molar-refractivity contribution in [1.82, 2.24) is 4.90 Å². The summed E-state index contributed by atoms with van der Waals surface area (Å²) in [5.74, 6) is -6.82. The molecular weight excluding hydrogens is 433 g/mol. The molecule has 29 heavy (non-hydrogen) atoms. The molecule has 2 aromatic carbocycles. The molecule has 152 valence electrons. The quantitative estimate of drug-likeness (QED) is 0.701. The summed E-state index contributed by atoms with van der Waals surface area (Å²) in [5, 5.41) is 13.5. The number of aromatic hydroxyl groups is 1. The lowest BCUT2D eigenvalue weighted by atomic mass is 10.1. The van der Waals surface area contributed by atoms with Crippen molar-refractivity contribution >= 4 is 39.0 Å².